The Kier molecular flexibility index (Phi) is 10.3. The van der Waals surface area contributed by atoms with Crippen molar-refractivity contribution in [3.8, 4) is 0 Å². The maximum atomic E-state index is 12.1. The second-order valence-electron chi connectivity index (χ2n) is 7.12. The maximum absolute atomic E-state index is 12.1. The topological polar surface area (TPSA) is 70.2 Å². The smallest absolute Gasteiger partial charge is 0.223 e. The average Bonchev–Trinajstić information content (AvgIpc) is 3.05. The van der Waals surface area contributed by atoms with Crippen molar-refractivity contribution >= 4 is 24.2 Å². The van der Waals surface area contributed by atoms with Crippen LogP contribution in [0.15, 0.2) is 0 Å². The highest BCUT2D eigenvalue weighted by Crippen LogP contribution is 2.28. The van der Waals surface area contributed by atoms with Crippen LogP contribution in [-0.2, 0) is 9.59 Å². The van der Waals surface area contributed by atoms with E-state index in [-0.39, 0.29) is 36.2 Å². The molecule has 6 heteroatoms. The zero-order valence-corrected chi connectivity index (χ0v) is 15.8. The number of hydrogen-bond acceptors (Lipinski definition) is 3. The van der Waals surface area contributed by atoms with Crippen LogP contribution in [0.1, 0.15) is 64.7 Å². The van der Waals surface area contributed by atoms with Crippen LogP contribution in [0.4, 0.5) is 0 Å². The van der Waals surface area contributed by atoms with E-state index in [1.165, 1.54) is 25.7 Å². The van der Waals surface area contributed by atoms with Crippen LogP contribution < -0.4 is 16.0 Å². The maximum Gasteiger partial charge on any atom is 0.223 e. The molecule has 24 heavy (non-hydrogen) atoms. The van der Waals surface area contributed by atoms with Crippen molar-refractivity contribution in [1.82, 2.24) is 16.0 Å². The molecule has 140 valence electrons. The summed E-state index contributed by atoms with van der Waals surface area (Å²) in [6, 6.07) is 0.273. The highest BCUT2D eigenvalue weighted by molar-refractivity contribution is 5.85. The highest BCUT2D eigenvalue weighted by atomic mass is 35.5. The summed E-state index contributed by atoms with van der Waals surface area (Å²) in [7, 11) is 0. The Morgan fingerprint density at radius 3 is 2.25 bits per heavy atom. The Bertz CT molecular complexity index is 378. The molecule has 2 rings (SSSR count). The first-order chi connectivity index (χ1) is 11.2. The number of hydrogen-bond donors (Lipinski definition) is 3. The number of carbonyl (C=O) groups is 2. The SMILES string of the molecule is CCNCCNC(=O)C1CCC(NC(=O)CC2CCCC2)CC1.Cl. The van der Waals surface area contributed by atoms with Crippen molar-refractivity contribution in [1.29, 1.82) is 0 Å². The van der Waals surface area contributed by atoms with Crippen molar-refractivity contribution in [3.63, 3.8) is 0 Å². The van der Waals surface area contributed by atoms with Gasteiger partial charge in [0.15, 0.2) is 0 Å². The van der Waals surface area contributed by atoms with Gasteiger partial charge in [0.25, 0.3) is 0 Å². The molecule has 0 bridgehead atoms. The molecule has 0 spiro atoms. The molecule has 0 radical (unpaired) electrons. The zero-order chi connectivity index (χ0) is 16.5. The lowest BCUT2D eigenvalue weighted by Gasteiger charge is -2.28. The van der Waals surface area contributed by atoms with Gasteiger partial charge < -0.3 is 16.0 Å². The van der Waals surface area contributed by atoms with E-state index in [4.69, 9.17) is 0 Å². The molecule has 2 aliphatic carbocycles. The molecule has 0 heterocycles. The lowest BCUT2D eigenvalue weighted by atomic mass is 9.85. The molecule has 0 atom stereocenters. The predicted octanol–water partition coefficient (Wildman–Crippen LogP) is 2.39. The molecule has 2 amide bonds. The molecule has 0 aromatic heterocycles. The molecular weight excluding hydrogens is 326 g/mol. The average molecular weight is 360 g/mol. The lowest BCUT2D eigenvalue weighted by Crippen LogP contribution is -2.42. The summed E-state index contributed by atoms with van der Waals surface area (Å²) in [5, 5.41) is 9.39. The van der Waals surface area contributed by atoms with Crippen LogP contribution in [0.3, 0.4) is 0 Å². The fourth-order valence-corrected chi connectivity index (χ4v) is 3.86. The molecule has 2 saturated carbocycles. The van der Waals surface area contributed by atoms with Gasteiger partial charge in [-0.15, -0.1) is 12.4 Å². The second kappa shape index (κ2) is 11.7. The van der Waals surface area contributed by atoms with Gasteiger partial charge in [-0.1, -0.05) is 19.8 Å². The quantitative estimate of drug-likeness (QED) is 0.583. The molecule has 0 aromatic rings. The normalized spacial score (nSPS) is 24.2. The first kappa shape index (κ1) is 21.2. The van der Waals surface area contributed by atoms with Gasteiger partial charge in [-0.25, -0.2) is 0 Å². The number of rotatable bonds is 8. The van der Waals surface area contributed by atoms with Crippen molar-refractivity contribution < 1.29 is 9.59 Å². The van der Waals surface area contributed by atoms with Crippen LogP contribution in [-0.4, -0.2) is 37.5 Å². The van der Waals surface area contributed by atoms with Gasteiger partial charge in [-0.2, -0.15) is 0 Å². The molecule has 0 aliphatic heterocycles. The lowest BCUT2D eigenvalue weighted by molar-refractivity contribution is -0.126. The Morgan fingerprint density at radius 2 is 1.62 bits per heavy atom. The third-order valence-corrected chi connectivity index (χ3v) is 5.26. The molecule has 5 nitrogen and oxygen atoms in total. The standard InChI is InChI=1S/C18H33N3O2.ClH/c1-2-19-11-12-20-18(23)15-7-9-16(10-8-15)21-17(22)13-14-5-3-4-6-14;/h14-16,19H,2-13H2,1H3,(H,20,23)(H,21,22);1H. The van der Waals surface area contributed by atoms with E-state index in [2.05, 4.69) is 22.9 Å². The fraction of sp³-hybridized carbons (Fsp3) is 0.889. The van der Waals surface area contributed by atoms with Crippen LogP contribution in [0, 0.1) is 11.8 Å². The van der Waals surface area contributed by atoms with Crippen LogP contribution in [0.25, 0.3) is 0 Å². The number of amides is 2. The molecule has 2 fully saturated rings. The first-order valence-electron chi connectivity index (χ1n) is 9.46. The predicted molar refractivity (Wildman–Crippen MR) is 99.3 cm³/mol. The minimum atomic E-state index is 0. The van der Waals surface area contributed by atoms with Crippen LogP contribution in [0.5, 0.6) is 0 Å². The van der Waals surface area contributed by atoms with Gasteiger partial charge in [0, 0.05) is 31.5 Å². The molecule has 3 N–H and O–H groups in total. The van der Waals surface area contributed by atoms with Gasteiger partial charge >= 0.3 is 0 Å². The second-order valence-corrected chi connectivity index (χ2v) is 7.12. The number of carbonyl (C=O) groups excluding carboxylic acids is 2. The van der Waals surface area contributed by atoms with Gasteiger partial charge in [0.2, 0.25) is 11.8 Å². The summed E-state index contributed by atoms with van der Waals surface area (Å²) in [6.45, 7) is 4.52. The number of likely N-dealkylation sites (N-methyl/N-ethyl adjacent to an activating group) is 1. The monoisotopic (exact) mass is 359 g/mol. The summed E-state index contributed by atoms with van der Waals surface area (Å²) in [6.07, 6.45) is 9.34. The Morgan fingerprint density at radius 1 is 0.958 bits per heavy atom. The van der Waals surface area contributed by atoms with E-state index in [1.807, 2.05) is 0 Å². The van der Waals surface area contributed by atoms with Crippen molar-refractivity contribution in [2.75, 3.05) is 19.6 Å². The Balaban J connectivity index is 0.00000288. The molecule has 0 unspecified atom stereocenters. The Hall–Kier alpha value is -0.810. The zero-order valence-electron chi connectivity index (χ0n) is 14.9. The van der Waals surface area contributed by atoms with Crippen LogP contribution >= 0.6 is 12.4 Å². The van der Waals surface area contributed by atoms with E-state index >= 15 is 0 Å². The minimum Gasteiger partial charge on any atom is -0.355 e. The summed E-state index contributed by atoms with van der Waals surface area (Å²) in [4.78, 5) is 24.2. The van der Waals surface area contributed by atoms with E-state index in [1.54, 1.807) is 0 Å². The Labute approximate surface area is 152 Å². The summed E-state index contributed by atoms with van der Waals surface area (Å²) < 4.78 is 0. The van der Waals surface area contributed by atoms with Gasteiger partial charge in [-0.05, 0) is 51.0 Å². The minimum absolute atomic E-state index is 0. The van der Waals surface area contributed by atoms with Crippen LogP contribution in [0.2, 0.25) is 0 Å². The molecule has 0 saturated heterocycles. The van der Waals surface area contributed by atoms with Gasteiger partial charge in [0.1, 0.15) is 0 Å². The third kappa shape index (κ3) is 7.39. The molecular formula is C18H34ClN3O2. The van der Waals surface area contributed by atoms with Gasteiger partial charge in [-0.3, -0.25) is 9.59 Å². The summed E-state index contributed by atoms with van der Waals surface area (Å²) in [5.74, 6) is 1.13. The molecule has 2 aliphatic rings. The highest BCUT2D eigenvalue weighted by Gasteiger charge is 2.27. The van der Waals surface area contributed by atoms with E-state index < -0.39 is 0 Å². The van der Waals surface area contributed by atoms with E-state index in [9.17, 15) is 9.59 Å². The largest absolute Gasteiger partial charge is 0.355 e. The van der Waals surface area contributed by atoms with E-state index in [0.29, 0.717) is 18.9 Å². The van der Waals surface area contributed by atoms with E-state index in [0.717, 1.165) is 38.8 Å². The molecule has 0 aromatic carbocycles. The number of nitrogens with one attached hydrogen (secondary N) is 3. The van der Waals surface area contributed by atoms with Crippen molar-refractivity contribution in [2.45, 2.75) is 70.8 Å². The third-order valence-electron chi connectivity index (χ3n) is 5.26. The summed E-state index contributed by atoms with van der Waals surface area (Å²) in [5.41, 5.74) is 0. The van der Waals surface area contributed by atoms with Gasteiger partial charge in [0.05, 0.1) is 0 Å². The summed E-state index contributed by atoms with van der Waals surface area (Å²) >= 11 is 0. The number of halogens is 1. The van der Waals surface area contributed by atoms with Crippen molar-refractivity contribution in [2.24, 2.45) is 11.8 Å². The fourth-order valence-electron chi connectivity index (χ4n) is 3.86. The van der Waals surface area contributed by atoms with Crippen molar-refractivity contribution in [3.05, 3.63) is 0 Å². The first-order valence-corrected chi connectivity index (χ1v) is 9.46.